The van der Waals surface area contributed by atoms with Crippen LogP contribution in [-0.4, -0.2) is 5.78 Å². The van der Waals surface area contributed by atoms with E-state index in [0.29, 0.717) is 5.78 Å². The maximum absolute atomic E-state index is 12.5. The van der Waals surface area contributed by atoms with Crippen LogP contribution in [0, 0.1) is 0 Å². The molecular formula is C20H30O. The van der Waals surface area contributed by atoms with E-state index in [9.17, 15) is 4.79 Å². The Bertz CT molecular complexity index is 417. The van der Waals surface area contributed by atoms with Gasteiger partial charge in [-0.3, -0.25) is 4.79 Å². The number of Topliss-reactive ketones (excluding diaryl/α,β-unsaturated/α-hetero) is 1. The smallest absolute Gasteiger partial charge is 0.143 e. The lowest BCUT2D eigenvalue weighted by atomic mass is 9.88. The zero-order valence-corrected chi connectivity index (χ0v) is 13.6. The number of carbonyl (C=O) groups excluding carboxylic acids is 1. The molecule has 0 saturated heterocycles. The number of rotatable bonds is 11. The third-order valence-electron chi connectivity index (χ3n) is 4.87. The molecule has 0 radical (unpaired) electrons. The van der Waals surface area contributed by atoms with Crippen LogP contribution < -0.4 is 0 Å². The first-order chi connectivity index (χ1) is 10.3. The molecule has 1 aliphatic rings. The lowest BCUT2D eigenvalue weighted by molar-refractivity contribution is -0.121. The average molecular weight is 286 g/mol. The Morgan fingerprint density at radius 1 is 0.905 bits per heavy atom. The topological polar surface area (TPSA) is 17.1 Å². The van der Waals surface area contributed by atoms with Crippen molar-refractivity contribution in [1.82, 2.24) is 0 Å². The van der Waals surface area contributed by atoms with E-state index >= 15 is 0 Å². The molecule has 2 rings (SSSR count). The Hall–Kier alpha value is -1.11. The van der Waals surface area contributed by atoms with Crippen molar-refractivity contribution >= 4 is 5.78 Å². The van der Waals surface area contributed by atoms with E-state index in [4.69, 9.17) is 0 Å². The second-order valence-corrected chi connectivity index (χ2v) is 6.60. The van der Waals surface area contributed by atoms with Gasteiger partial charge in [0.1, 0.15) is 5.78 Å². The van der Waals surface area contributed by atoms with Crippen molar-refractivity contribution < 1.29 is 4.79 Å². The normalized spacial score (nSPS) is 15.9. The summed E-state index contributed by atoms with van der Waals surface area (Å²) in [6.07, 6.45) is 13.3. The third kappa shape index (κ3) is 4.69. The first-order valence-corrected chi connectivity index (χ1v) is 8.88. The van der Waals surface area contributed by atoms with E-state index in [2.05, 4.69) is 31.2 Å². The summed E-state index contributed by atoms with van der Waals surface area (Å²) in [7, 11) is 0. The summed E-state index contributed by atoms with van der Waals surface area (Å²) in [5, 5.41) is 0. The number of hydrogen-bond acceptors (Lipinski definition) is 1. The Labute approximate surface area is 130 Å². The van der Waals surface area contributed by atoms with Gasteiger partial charge in [0.15, 0.2) is 0 Å². The van der Waals surface area contributed by atoms with Crippen LogP contribution in [0.15, 0.2) is 30.3 Å². The van der Waals surface area contributed by atoms with Crippen molar-refractivity contribution in [3.8, 4) is 0 Å². The molecule has 1 aromatic rings. The van der Waals surface area contributed by atoms with Gasteiger partial charge >= 0.3 is 0 Å². The van der Waals surface area contributed by atoms with Crippen molar-refractivity contribution in [3.05, 3.63) is 35.9 Å². The van der Waals surface area contributed by atoms with Gasteiger partial charge in [-0.05, 0) is 24.8 Å². The summed E-state index contributed by atoms with van der Waals surface area (Å²) in [5.74, 6) is 0.486. The molecule has 0 aliphatic heterocycles. The molecule has 1 fully saturated rings. The first kappa shape index (κ1) is 16.3. The van der Waals surface area contributed by atoms with Gasteiger partial charge in [0.05, 0.1) is 5.41 Å². The van der Waals surface area contributed by atoms with Gasteiger partial charge < -0.3 is 0 Å². The van der Waals surface area contributed by atoms with Crippen LogP contribution in [0.4, 0.5) is 0 Å². The van der Waals surface area contributed by atoms with Crippen LogP contribution in [0.3, 0.4) is 0 Å². The van der Waals surface area contributed by atoms with E-state index in [1.54, 1.807) is 0 Å². The van der Waals surface area contributed by atoms with E-state index in [1.807, 2.05) is 6.07 Å². The number of unbranched alkanes of at least 4 members (excludes halogenated alkanes) is 7. The molecule has 116 valence electrons. The Morgan fingerprint density at radius 2 is 1.48 bits per heavy atom. The van der Waals surface area contributed by atoms with Crippen LogP contribution in [-0.2, 0) is 10.2 Å². The average Bonchev–Trinajstić information content (AvgIpc) is 3.32. The van der Waals surface area contributed by atoms with E-state index in [0.717, 1.165) is 25.7 Å². The van der Waals surface area contributed by atoms with Crippen LogP contribution in [0.5, 0.6) is 0 Å². The number of ketones is 1. The summed E-state index contributed by atoms with van der Waals surface area (Å²) in [5.41, 5.74) is 1.15. The van der Waals surface area contributed by atoms with E-state index in [-0.39, 0.29) is 5.41 Å². The molecule has 1 aromatic carbocycles. The lowest BCUT2D eigenvalue weighted by Gasteiger charge is -2.14. The fraction of sp³-hybridized carbons (Fsp3) is 0.650. The molecule has 0 bridgehead atoms. The molecule has 0 aromatic heterocycles. The molecule has 1 aliphatic carbocycles. The molecule has 0 unspecified atom stereocenters. The minimum atomic E-state index is -0.0949. The quantitative estimate of drug-likeness (QED) is 0.468. The third-order valence-corrected chi connectivity index (χ3v) is 4.87. The highest BCUT2D eigenvalue weighted by Crippen LogP contribution is 2.49. The highest BCUT2D eigenvalue weighted by atomic mass is 16.1. The van der Waals surface area contributed by atoms with Gasteiger partial charge in [-0.1, -0.05) is 82.2 Å². The van der Waals surface area contributed by atoms with Gasteiger partial charge in [0, 0.05) is 6.42 Å². The Kier molecular flexibility index (Phi) is 6.48. The Balaban J connectivity index is 1.62. The largest absolute Gasteiger partial charge is 0.299 e. The molecular weight excluding hydrogens is 256 g/mol. The molecule has 1 heteroatoms. The second kappa shape index (κ2) is 8.36. The number of carbonyl (C=O) groups is 1. The molecule has 0 heterocycles. The van der Waals surface area contributed by atoms with Crippen LogP contribution in [0.25, 0.3) is 0 Å². The second-order valence-electron chi connectivity index (χ2n) is 6.60. The molecule has 0 atom stereocenters. The first-order valence-electron chi connectivity index (χ1n) is 8.88. The van der Waals surface area contributed by atoms with Gasteiger partial charge in [-0.15, -0.1) is 0 Å². The minimum Gasteiger partial charge on any atom is -0.299 e. The molecule has 0 amide bonds. The van der Waals surface area contributed by atoms with Crippen molar-refractivity contribution in [2.45, 2.75) is 83.0 Å². The van der Waals surface area contributed by atoms with Crippen molar-refractivity contribution in [2.75, 3.05) is 0 Å². The number of benzene rings is 1. The maximum Gasteiger partial charge on any atom is 0.143 e. The van der Waals surface area contributed by atoms with Crippen LogP contribution >= 0.6 is 0 Å². The summed E-state index contributed by atoms with van der Waals surface area (Å²) >= 11 is 0. The molecule has 21 heavy (non-hydrogen) atoms. The van der Waals surface area contributed by atoms with Crippen molar-refractivity contribution in [1.29, 1.82) is 0 Å². The predicted octanol–water partition coefficient (Wildman–Crippen LogP) is 5.82. The monoisotopic (exact) mass is 286 g/mol. The molecule has 1 nitrogen and oxygen atoms in total. The highest BCUT2D eigenvalue weighted by molar-refractivity contribution is 5.93. The van der Waals surface area contributed by atoms with E-state index in [1.165, 1.54) is 50.5 Å². The maximum atomic E-state index is 12.5. The number of hydrogen-bond donors (Lipinski definition) is 0. The zero-order chi connectivity index (χ0) is 15.0. The van der Waals surface area contributed by atoms with Crippen LogP contribution in [0.2, 0.25) is 0 Å². The molecule has 0 spiro atoms. The summed E-state index contributed by atoms with van der Waals surface area (Å²) < 4.78 is 0. The Morgan fingerprint density at radius 3 is 2.05 bits per heavy atom. The molecule has 1 saturated carbocycles. The van der Waals surface area contributed by atoms with Gasteiger partial charge in [0.2, 0.25) is 0 Å². The fourth-order valence-electron chi connectivity index (χ4n) is 3.27. The molecule has 0 N–H and O–H groups in total. The predicted molar refractivity (Wildman–Crippen MR) is 89.6 cm³/mol. The minimum absolute atomic E-state index is 0.0949. The standard InChI is InChI=1S/C20H30O/c1-2-3-4-5-6-7-8-12-15-19(21)20(16-17-20)18-13-10-9-11-14-18/h9-11,13-14H,2-8,12,15-17H2,1H3. The summed E-state index contributed by atoms with van der Waals surface area (Å²) in [6.45, 7) is 2.26. The van der Waals surface area contributed by atoms with Gasteiger partial charge in [0.25, 0.3) is 0 Å². The highest BCUT2D eigenvalue weighted by Gasteiger charge is 2.49. The van der Waals surface area contributed by atoms with Gasteiger partial charge in [-0.2, -0.15) is 0 Å². The SMILES string of the molecule is CCCCCCCCCCC(=O)C1(c2ccccc2)CC1. The summed E-state index contributed by atoms with van der Waals surface area (Å²) in [6, 6.07) is 10.4. The fourth-order valence-corrected chi connectivity index (χ4v) is 3.27. The lowest BCUT2D eigenvalue weighted by Crippen LogP contribution is -2.20. The summed E-state index contributed by atoms with van der Waals surface area (Å²) in [4.78, 5) is 12.5. The van der Waals surface area contributed by atoms with Crippen LogP contribution in [0.1, 0.15) is 83.1 Å². The van der Waals surface area contributed by atoms with Gasteiger partial charge in [-0.25, -0.2) is 0 Å². The zero-order valence-electron chi connectivity index (χ0n) is 13.6. The van der Waals surface area contributed by atoms with E-state index < -0.39 is 0 Å². The van der Waals surface area contributed by atoms with Crippen molar-refractivity contribution in [3.63, 3.8) is 0 Å². The van der Waals surface area contributed by atoms with Crippen molar-refractivity contribution in [2.24, 2.45) is 0 Å².